The van der Waals surface area contributed by atoms with Crippen LogP contribution in [0.2, 0.25) is 0 Å². The first-order chi connectivity index (χ1) is 16.4. The molecule has 1 saturated heterocycles. The molecule has 34 heavy (non-hydrogen) atoms. The zero-order chi connectivity index (χ0) is 24.1. The summed E-state index contributed by atoms with van der Waals surface area (Å²) < 4.78 is 38.7. The number of amides is 1. The van der Waals surface area contributed by atoms with Crippen molar-refractivity contribution in [3.63, 3.8) is 0 Å². The van der Waals surface area contributed by atoms with Crippen molar-refractivity contribution in [2.75, 3.05) is 37.4 Å². The standard InChI is InChI=1S/C23H24N4O5S2/c1-3-14-33-23-26-25-22(32-23)18-6-4-5-7-19(18)24-21(28)17-9-8-16(2)20(15-17)34(29,30)27-10-12-31-13-11-27/h3-9,15H,1,10-14H2,2H3,(H,24,28). The number of para-hydroxylation sites is 1. The maximum absolute atomic E-state index is 13.2. The number of nitrogens with one attached hydrogen (secondary N) is 1. The molecular weight excluding hydrogens is 476 g/mol. The fourth-order valence-electron chi connectivity index (χ4n) is 3.43. The lowest BCUT2D eigenvalue weighted by molar-refractivity contribution is 0.0730. The van der Waals surface area contributed by atoms with Gasteiger partial charge in [-0.3, -0.25) is 4.79 Å². The lowest BCUT2D eigenvalue weighted by Gasteiger charge is -2.26. The van der Waals surface area contributed by atoms with Crippen LogP contribution in [0.25, 0.3) is 11.5 Å². The van der Waals surface area contributed by atoms with Gasteiger partial charge in [0.1, 0.15) is 0 Å². The summed E-state index contributed by atoms with van der Waals surface area (Å²) in [5, 5.41) is 11.3. The molecule has 2 aromatic carbocycles. The van der Waals surface area contributed by atoms with Gasteiger partial charge in [0.25, 0.3) is 17.0 Å². The summed E-state index contributed by atoms with van der Waals surface area (Å²) in [6, 6.07) is 11.7. The number of hydrogen-bond acceptors (Lipinski definition) is 8. The van der Waals surface area contributed by atoms with E-state index in [0.29, 0.717) is 41.0 Å². The minimum atomic E-state index is -3.75. The number of ether oxygens (including phenoxy) is 1. The normalized spacial score (nSPS) is 14.6. The molecule has 11 heteroatoms. The highest BCUT2D eigenvalue weighted by atomic mass is 32.2. The second kappa shape index (κ2) is 10.5. The third-order valence-electron chi connectivity index (χ3n) is 5.18. The van der Waals surface area contributed by atoms with E-state index in [1.807, 2.05) is 0 Å². The summed E-state index contributed by atoms with van der Waals surface area (Å²) in [4.78, 5) is 13.2. The topological polar surface area (TPSA) is 115 Å². The molecule has 0 saturated carbocycles. The summed E-state index contributed by atoms with van der Waals surface area (Å²) >= 11 is 1.36. The van der Waals surface area contributed by atoms with E-state index in [1.54, 1.807) is 49.4 Å². The first-order valence-electron chi connectivity index (χ1n) is 10.6. The zero-order valence-electron chi connectivity index (χ0n) is 18.6. The minimum absolute atomic E-state index is 0.108. The van der Waals surface area contributed by atoms with E-state index in [-0.39, 0.29) is 29.4 Å². The van der Waals surface area contributed by atoms with Gasteiger partial charge >= 0.3 is 0 Å². The second-order valence-electron chi connectivity index (χ2n) is 7.47. The molecule has 1 fully saturated rings. The first-order valence-corrected chi connectivity index (χ1v) is 13.0. The Bertz CT molecular complexity index is 1300. The van der Waals surface area contributed by atoms with E-state index >= 15 is 0 Å². The Morgan fingerprint density at radius 3 is 2.74 bits per heavy atom. The Hall–Kier alpha value is -2.99. The number of aromatic nitrogens is 2. The number of sulfonamides is 1. The van der Waals surface area contributed by atoms with Crippen molar-refractivity contribution < 1.29 is 22.4 Å². The Morgan fingerprint density at radius 2 is 1.97 bits per heavy atom. The molecule has 1 amide bonds. The maximum atomic E-state index is 13.2. The van der Waals surface area contributed by atoms with Gasteiger partial charge in [-0.25, -0.2) is 8.42 Å². The Balaban J connectivity index is 1.59. The molecule has 0 spiro atoms. The Kier molecular flexibility index (Phi) is 7.47. The van der Waals surface area contributed by atoms with E-state index < -0.39 is 15.9 Å². The highest BCUT2D eigenvalue weighted by Gasteiger charge is 2.28. The third kappa shape index (κ3) is 5.22. The number of thioether (sulfide) groups is 1. The molecule has 1 aromatic heterocycles. The van der Waals surface area contributed by atoms with Gasteiger partial charge in [0.15, 0.2) is 0 Å². The molecule has 3 aromatic rings. The van der Waals surface area contributed by atoms with Crippen molar-refractivity contribution in [1.29, 1.82) is 0 Å². The van der Waals surface area contributed by atoms with Crippen LogP contribution in [0.4, 0.5) is 5.69 Å². The molecule has 0 bridgehead atoms. The van der Waals surface area contributed by atoms with Crippen molar-refractivity contribution in [2.45, 2.75) is 17.0 Å². The number of morpholine rings is 1. The lowest BCUT2D eigenvalue weighted by atomic mass is 10.1. The monoisotopic (exact) mass is 500 g/mol. The minimum Gasteiger partial charge on any atom is -0.411 e. The highest BCUT2D eigenvalue weighted by Crippen LogP contribution is 2.30. The van der Waals surface area contributed by atoms with Gasteiger partial charge in [0.2, 0.25) is 10.0 Å². The van der Waals surface area contributed by atoms with Crippen LogP contribution in [0, 0.1) is 6.92 Å². The number of anilines is 1. The number of hydrogen-bond donors (Lipinski definition) is 1. The number of carbonyl (C=O) groups is 1. The van der Waals surface area contributed by atoms with Gasteiger partial charge in [0, 0.05) is 24.4 Å². The summed E-state index contributed by atoms with van der Waals surface area (Å²) in [7, 11) is -3.75. The zero-order valence-corrected chi connectivity index (χ0v) is 20.2. The van der Waals surface area contributed by atoms with Crippen LogP contribution < -0.4 is 5.32 Å². The number of carbonyl (C=O) groups excluding carboxylic acids is 1. The number of rotatable bonds is 8. The molecule has 0 aliphatic carbocycles. The van der Waals surface area contributed by atoms with Crippen molar-refractivity contribution in [3.8, 4) is 11.5 Å². The molecule has 0 unspecified atom stereocenters. The SMILES string of the molecule is C=CCSc1nnc(-c2ccccc2NC(=O)c2ccc(C)c(S(=O)(=O)N3CCOCC3)c2)o1. The van der Waals surface area contributed by atoms with Crippen LogP contribution in [0.3, 0.4) is 0 Å². The predicted molar refractivity (Wildman–Crippen MR) is 129 cm³/mol. The van der Waals surface area contributed by atoms with Gasteiger partial charge in [-0.2, -0.15) is 4.31 Å². The van der Waals surface area contributed by atoms with Crippen LogP contribution >= 0.6 is 11.8 Å². The van der Waals surface area contributed by atoms with Crippen LogP contribution in [-0.2, 0) is 14.8 Å². The summed E-state index contributed by atoms with van der Waals surface area (Å²) in [5.74, 6) is 0.442. The average Bonchev–Trinajstić information content (AvgIpc) is 3.32. The smallest absolute Gasteiger partial charge is 0.277 e. The van der Waals surface area contributed by atoms with E-state index in [1.165, 1.54) is 22.1 Å². The Labute approximate surface area is 202 Å². The molecule has 178 valence electrons. The Morgan fingerprint density at radius 1 is 1.21 bits per heavy atom. The maximum Gasteiger partial charge on any atom is 0.277 e. The fourth-order valence-corrected chi connectivity index (χ4v) is 5.58. The quantitative estimate of drug-likeness (QED) is 0.369. The molecule has 1 aliphatic rings. The van der Waals surface area contributed by atoms with Gasteiger partial charge in [-0.15, -0.1) is 16.8 Å². The number of nitrogens with zero attached hydrogens (tertiary/aromatic N) is 3. The molecule has 1 aliphatic heterocycles. The van der Waals surface area contributed by atoms with Gasteiger partial charge in [-0.05, 0) is 36.8 Å². The fraction of sp³-hybridized carbons (Fsp3) is 0.261. The average molecular weight is 501 g/mol. The molecule has 2 heterocycles. The van der Waals surface area contributed by atoms with E-state index in [2.05, 4.69) is 22.1 Å². The van der Waals surface area contributed by atoms with Crippen molar-refractivity contribution in [1.82, 2.24) is 14.5 Å². The van der Waals surface area contributed by atoms with Gasteiger partial charge < -0.3 is 14.5 Å². The van der Waals surface area contributed by atoms with Crippen LogP contribution in [0.15, 0.2) is 69.7 Å². The van der Waals surface area contributed by atoms with Crippen LogP contribution in [0.1, 0.15) is 15.9 Å². The van der Waals surface area contributed by atoms with E-state index in [9.17, 15) is 13.2 Å². The van der Waals surface area contributed by atoms with Crippen molar-refractivity contribution in [2.24, 2.45) is 0 Å². The molecule has 1 N–H and O–H groups in total. The lowest BCUT2D eigenvalue weighted by Crippen LogP contribution is -2.40. The van der Waals surface area contributed by atoms with Crippen LogP contribution in [-0.4, -0.2) is 60.9 Å². The molecule has 9 nitrogen and oxygen atoms in total. The summed E-state index contributed by atoms with van der Waals surface area (Å²) in [6.45, 7) is 6.63. The predicted octanol–water partition coefficient (Wildman–Crippen LogP) is 3.60. The van der Waals surface area contributed by atoms with E-state index in [4.69, 9.17) is 9.15 Å². The third-order valence-corrected chi connectivity index (χ3v) is 8.03. The van der Waals surface area contributed by atoms with Gasteiger partial charge in [-0.1, -0.05) is 36.0 Å². The summed E-state index contributed by atoms with van der Waals surface area (Å²) in [6.07, 6.45) is 1.73. The number of aryl methyl sites for hydroxylation is 1. The van der Waals surface area contributed by atoms with Crippen LogP contribution in [0.5, 0.6) is 0 Å². The van der Waals surface area contributed by atoms with Crippen molar-refractivity contribution in [3.05, 3.63) is 66.2 Å². The molecule has 0 radical (unpaired) electrons. The largest absolute Gasteiger partial charge is 0.411 e. The number of benzene rings is 2. The highest BCUT2D eigenvalue weighted by molar-refractivity contribution is 7.99. The molecular formula is C23H24N4O5S2. The van der Waals surface area contributed by atoms with Gasteiger partial charge in [0.05, 0.1) is 29.4 Å². The first kappa shape index (κ1) is 24.1. The van der Waals surface area contributed by atoms with Crippen molar-refractivity contribution >= 4 is 33.4 Å². The molecule has 4 rings (SSSR count). The summed E-state index contributed by atoms with van der Waals surface area (Å²) in [5.41, 5.74) is 1.82. The molecule has 0 atom stereocenters. The van der Waals surface area contributed by atoms with E-state index in [0.717, 1.165) is 0 Å². The second-order valence-corrected chi connectivity index (χ2v) is 10.3.